The summed E-state index contributed by atoms with van der Waals surface area (Å²) in [7, 11) is 0. The van der Waals surface area contributed by atoms with Gasteiger partial charge in [0, 0.05) is 13.3 Å². The molecule has 0 saturated heterocycles. The van der Waals surface area contributed by atoms with Gasteiger partial charge in [0.05, 0.1) is 11.3 Å². The number of anilines is 1. The largest absolute Gasteiger partial charge is 0.411 e. The van der Waals surface area contributed by atoms with E-state index in [4.69, 9.17) is 5.21 Å². The number of carbonyl (C=O) groups is 2. The van der Waals surface area contributed by atoms with Gasteiger partial charge in [-0.3, -0.25) is 9.59 Å². The number of benzene rings is 1. The molecular formula is C15H15FN2O3. The van der Waals surface area contributed by atoms with Crippen molar-refractivity contribution in [2.75, 3.05) is 5.32 Å². The highest BCUT2D eigenvalue weighted by molar-refractivity contribution is 6.48. The molecule has 21 heavy (non-hydrogen) atoms. The number of hydrogen-bond donors (Lipinski definition) is 2. The van der Waals surface area contributed by atoms with Crippen molar-refractivity contribution in [1.29, 1.82) is 0 Å². The van der Waals surface area contributed by atoms with Crippen molar-refractivity contribution in [2.45, 2.75) is 38.5 Å². The Morgan fingerprint density at radius 3 is 2.71 bits per heavy atom. The summed E-state index contributed by atoms with van der Waals surface area (Å²) < 4.78 is 14.3. The van der Waals surface area contributed by atoms with E-state index in [2.05, 4.69) is 10.5 Å². The highest BCUT2D eigenvalue weighted by atomic mass is 19.1. The van der Waals surface area contributed by atoms with Gasteiger partial charge < -0.3 is 10.5 Å². The molecule has 0 aromatic heterocycles. The summed E-state index contributed by atoms with van der Waals surface area (Å²) >= 11 is 0. The Morgan fingerprint density at radius 1 is 1.43 bits per heavy atom. The van der Waals surface area contributed by atoms with Gasteiger partial charge in [-0.2, -0.15) is 0 Å². The van der Waals surface area contributed by atoms with Gasteiger partial charge in [0.2, 0.25) is 11.7 Å². The summed E-state index contributed by atoms with van der Waals surface area (Å²) in [5.41, 5.74) is 1.71. The predicted molar refractivity (Wildman–Crippen MR) is 74.6 cm³/mol. The lowest BCUT2D eigenvalue weighted by atomic mass is 9.83. The number of halogens is 1. The Labute approximate surface area is 120 Å². The molecule has 0 radical (unpaired) electrons. The van der Waals surface area contributed by atoms with Gasteiger partial charge in [-0.05, 0) is 42.4 Å². The van der Waals surface area contributed by atoms with Crippen LogP contribution in [0.3, 0.4) is 0 Å². The topological polar surface area (TPSA) is 78.8 Å². The van der Waals surface area contributed by atoms with E-state index in [1.54, 1.807) is 0 Å². The van der Waals surface area contributed by atoms with Crippen molar-refractivity contribution in [3.8, 4) is 0 Å². The Balaban J connectivity index is 2.21. The molecule has 0 bridgehead atoms. The zero-order valence-corrected chi connectivity index (χ0v) is 11.6. The highest BCUT2D eigenvalue weighted by Gasteiger charge is 2.36. The minimum Gasteiger partial charge on any atom is -0.411 e. The summed E-state index contributed by atoms with van der Waals surface area (Å²) in [4.78, 5) is 23.7. The summed E-state index contributed by atoms with van der Waals surface area (Å²) in [6.07, 6.45) is 2.55. The number of ketones is 1. The molecular weight excluding hydrogens is 275 g/mol. The van der Waals surface area contributed by atoms with Gasteiger partial charge >= 0.3 is 0 Å². The van der Waals surface area contributed by atoms with Gasteiger partial charge in [-0.15, -0.1) is 0 Å². The Bertz CT molecular complexity index is 678. The van der Waals surface area contributed by atoms with E-state index < -0.39 is 5.78 Å². The van der Waals surface area contributed by atoms with Crippen LogP contribution in [0.4, 0.5) is 10.1 Å². The maximum atomic E-state index is 14.3. The Kier molecular flexibility index (Phi) is 3.23. The standard InChI is InChI=1S/C15H15FN2O3/c1-7(19)17-12-6-10(16)13(8-2-3-8)9-4-5-11(18-21)15(20)14(9)12/h6,8,21H,2-5H2,1H3,(H,17,19). The van der Waals surface area contributed by atoms with Crippen LogP contribution in [0.25, 0.3) is 0 Å². The minimum atomic E-state index is -0.440. The van der Waals surface area contributed by atoms with Gasteiger partial charge in [-0.1, -0.05) is 5.16 Å². The van der Waals surface area contributed by atoms with Crippen molar-refractivity contribution in [2.24, 2.45) is 5.16 Å². The average molecular weight is 290 g/mol. The molecule has 2 N–H and O–H groups in total. The van der Waals surface area contributed by atoms with Crippen molar-refractivity contribution >= 4 is 23.1 Å². The fraction of sp³-hybridized carbons (Fsp3) is 0.400. The third kappa shape index (κ3) is 2.30. The lowest BCUT2D eigenvalue weighted by Gasteiger charge is -2.23. The van der Waals surface area contributed by atoms with Gasteiger partial charge in [0.15, 0.2) is 0 Å². The summed E-state index contributed by atoms with van der Waals surface area (Å²) in [5, 5.41) is 14.4. The second-order valence-corrected chi connectivity index (χ2v) is 5.50. The molecule has 0 aliphatic heterocycles. The van der Waals surface area contributed by atoms with Crippen LogP contribution in [0.15, 0.2) is 11.2 Å². The van der Waals surface area contributed by atoms with E-state index in [1.807, 2.05) is 0 Å². The quantitative estimate of drug-likeness (QED) is 0.649. The lowest BCUT2D eigenvalue weighted by molar-refractivity contribution is -0.114. The Morgan fingerprint density at radius 2 is 2.14 bits per heavy atom. The molecule has 5 nitrogen and oxygen atoms in total. The average Bonchev–Trinajstić information content (AvgIpc) is 3.22. The third-order valence-electron chi connectivity index (χ3n) is 3.94. The molecule has 3 rings (SSSR count). The molecule has 1 aromatic rings. The normalized spacial score (nSPS) is 19.5. The third-order valence-corrected chi connectivity index (χ3v) is 3.94. The number of amides is 1. The Hall–Kier alpha value is -2.24. The van der Waals surface area contributed by atoms with Gasteiger partial charge in [0.1, 0.15) is 11.5 Å². The van der Waals surface area contributed by atoms with Gasteiger partial charge in [-0.25, -0.2) is 4.39 Å². The molecule has 110 valence electrons. The number of hydrogen-bond acceptors (Lipinski definition) is 4. The van der Waals surface area contributed by atoms with Crippen LogP contribution < -0.4 is 5.32 Å². The summed E-state index contributed by atoms with van der Waals surface area (Å²) in [5.74, 6) is -1.04. The lowest BCUT2D eigenvalue weighted by Crippen LogP contribution is -2.26. The first-order valence-electron chi connectivity index (χ1n) is 6.91. The number of Topliss-reactive ketones (excluding diaryl/α,β-unsaturated/α-hetero) is 1. The van der Waals surface area contributed by atoms with Gasteiger partial charge in [0.25, 0.3) is 0 Å². The minimum absolute atomic E-state index is 0.0439. The molecule has 2 aliphatic rings. The van der Waals surface area contributed by atoms with E-state index in [9.17, 15) is 14.0 Å². The number of nitrogens with one attached hydrogen (secondary N) is 1. The SMILES string of the molecule is CC(=O)Nc1cc(F)c(C2CC2)c2c1C(=O)C(=NO)CC2. The fourth-order valence-electron chi connectivity index (χ4n) is 2.94. The molecule has 1 aromatic carbocycles. The molecule has 0 spiro atoms. The first kappa shape index (κ1) is 13.7. The summed E-state index contributed by atoms with van der Waals surface area (Å²) in [6, 6.07) is 1.20. The first-order valence-corrected chi connectivity index (χ1v) is 6.91. The molecule has 1 saturated carbocycles. The number of carbonyl (C=O) groups excluding carboxylic acids is 2. The zero-order chi connectivity index (χ0) is 15.1. The fourth-order valence-corrected chi connectivity index (χ4v) is 2.94. The molecule has 0 heterocycles. The van der Waals surface area contributed by atoms with Crippen molar-refractivity contribution in [1.82, 2.24) is 0 Å². The van der Waals surface area contributed by atoms with Crippen molar-refractivity contribution in [3.05, 3.63) is 28.6 Å². The van der Waals surface area contributed by atoms with Crippen molar-refractivity contribution < 1.29 is 19.2 Å². The van der Waals surface area contributed by atoms with E-state index >= 15 is 0 Å². The van der Waals surface area contributed by atoms with Crippen LogP contribution in [0, 0.1) is 5.82 Å². The maximum Gasteiger partial charge on any atom is 0.221 e. The van der Waals surface area contributed by atoms with Crippen LogP contribution in [-0.2, 0) is 11.2 Å². The summed E-state index contributed by atoms with van der Waals surface area (Å²) in [6.45, 7) is 1.30. The van der Waals surface area contributed by atoms with Crippen LogP contribution in [-0.4, -0.2) is 22.6 Å². The highest BCUT2D eigenvalue weighted by Crippen LogP contribution is 2.46. The van der Waals surface area contributed by atoms with E-state index in [-0.39, 0.29) is 41.0 Å². The second-order valence-electron chi connectivity index (χ2n) is 5.50. The maximum absolute atomic E-state index is 14.3. The van der Waals surface area contributed by atoms with Crippen LogP contribution in [0.5, 0.6) is 0 Å². The van der Waals surface area contributed by atoms with E-state index in [1.165, 1.54) is 13.0 Å². The molecule has 6 heteroatoms. The van der Waals surface area contributed by atoms with Crippen LogP contribution in [0.1, 0.15) is 53.6 Å². The number of nitrogens with zero attached hydrogens (tertiary/aromatic N) is 1. The van der Waals surface area contributed by atoms with E-state index in [0.29, 0.717) is 17.5 Å². The smallest absolute Gasteiger partial charge is 0.221 e. The predicted octanol–water partition coefficient (Wildman–Crippen LogP) is 2.62. The number of oxime groups is 1. The monoisotopic (exact) mass is 290 g/mol. The molecule has 1 fully saturated rings. The first-order chi connectivity index (χ1) is 10.0. The molecule has 0 unspecified atom stereocenters. The van der Waals surface area contributed by atoms with E-state index in [0.717, 1.165) is 12.8 Å². The number of rotatable bonds is 2. The van der Waals surface area contributed by atoms with Crippen LogP contribution >= 0.6 is 0 Å². The molecule has 2 aliphatic carbocycles. The molecule has 1 amide bonds. The van der Waals surface area contributed by atoms with Crippen LogP contribution in [0.2, 0.25) is 0 Å². The second kappa shape index (κ2) is 4.95. The molecule has 0 atom stereocenters. The van der Waals surface area contributed by atoms with Crippen molar-refractivity contribution in [3.63, 3.8) is 0 Å². The number of fused-ring (bicyclic) bond motifs is 1. The zero-order valence-electron chi connectivity index (χ0n) is 11.6.